The summed E-state index contributed by atoms with van der Waals surface area (Å²) in [6.45, 7) is 0. The lowest BCUT2D eigenvalue weighted by Crippen LogP contribution is -2.04. The molecule has 3 rings (SSSR count). The molecule has 134 valence electrons. The van der Waals surface area contributed by atoms with Crippen molar-refractivity contribution in [2.24, 2.45) is 0 Å². The van der Waals surface area contributed by atoms with Crippen molar-refractivity contribution in [2.45, 2.75) is 0 Å². The molecule has 0 bridgehead atoms. The van der Waals surface area contributed by atoms with Gasteiger partial charge in [0.1, 0.15) is 0 Å². The van der Waals surface area contributed by atoms with Crippen molar-refractivity contribution in [1.82, 2.24) is 4.98 Å². The molecule has 0 aliphatic rings. The quantitative estimate of drug-likeness (QED) is 0.667. The molecule has 0 unspecified atom stereocenters. The average Bonchev–Trinajstić information content (AvgIpc) is 3.12. The third-order valence-corrected chi connectivity index (χ3v) is 4.57. The molecule has 0 fully saturated rings. The summed E-state index contributed by atoms with van der Waals surface area (Å²) in [6, 6.07) is 10.5. The lowest BCUT2D eigenvalue weighted by Gasteiger charge is -2.13. The summed E-state index contributed by atoms with van der Waals surface area (Å²) in [7, 11) is 4.55. The van der Waals surface area contributed by atoms with Gasteiger partial charge in [0.25, 0.3) is 0 Å². The van der Waals surface area contributed by atoms with E-state index in [1.807, 2.05) is 17.5 Å². The van der Waals surface area contributed by atoms with Gasteiger partial charge < -0.3 is 19.9 Å². The minimum atomic E-state index is -0.145. The Balaban J connectivity index is 1.94. The Labute approximate surface area is 155 Å². The van der Waals surface area contributed by atoms with E-state index in [1.165, 1.54) is 32.7 Å². The van der Waals surface area contributed by atoms with Crippen LogP contribution in [0, 0.1) is 0 Å². The SMILES string of the molecule is COc1cc(C(=O)c2ccc(-c3csc(N)n3)cc2)cc(OC)c1OC. The third kappa shape index (κ3) is 3.34. The highest BCUT2D eigenvalue weighted by molar-refractivity contribution is 7.13. The highest BCUT2D eigenvalue weighted by Gasteiger charge is 2.18. The normalized spacial score (nSPS) is 10.4. The van der Waals surface area contributed by atoms with Crippen LogP contribution in [0.4, 0.5) is 5.13 Å². The Morgan fingerprint density at radius 1 is 0.962 bits per heavy atom. The van der Waals surface area contributed by atoms with Crippen LogP contribution in [0.15, 0.2) is 41.8 Å². The summed E-state index contributed by atoms with van der Waals surface area (Å²) in [5, 5.41) is 2.39. The number of benzene rings is 2. The Morgan fingerprint density at radius 2 is 1.58 bits per heavy atom. The molecule has 0 atom stereocenters. The number of aromatic nitrogens is 1. The second-order valence-electron chi connectivity index (χ2n) is 5.39. The standard InChI is InChI=1S/C19H18N2O4S/c1-23-15-8-13(9-16(24-2)18(15)25-3)17(22)12-6-4-11(5-7-12)14-10-26-19(20)21-14/h4-10H,1-3H3,(H2,20,21). The molecule has 6 nitrogen and oxygen atoms in total. The van der Waals surface area contributed by atoms with Crippen LogP contribution >= 0.6 is 11.3 Å². The number of nitrogen functional groups attached to an aromatic ring is 1. The zero-order valence-electron chi connectivity index (χ0n) is 14.6. The van der Waals surface area contributed by atoms with Crippen LogP contribution in [0.1, 0.15) is 15.9 Å². The molecule has 2 N–H and O–H groups in total. The summed E-state index contributed by atoms with van der Waals surface area (Å²) in [5.74, 6) is 1.17. The first-order chi connectivity index (χ1) is 12.6. The van der Waals surface area contributed by atoms with Gasteiger partial charge in [0.15, 0.2) is 22.4 Å². The first kappa shape index (κ1) is 17.8. The Bertz CT molecular complexity index is 910. The molecule has 0 amide bonds. The molecule has 0 aliphatic heterocycles. The van der Waals surface area contributed by atoms with Crippen molar-refractivity contribution in [3.8, 4) is 28.5 Å². The third-order valence-electron chi connectivity index (χ3n) is 3.89. The summed E-state index contributed by atoms with van der Waals surface area (Å²) >= 11 is 1.38. The molecular formula is C19H18N2O4S. The van der Waals surface area contributed by atoms with Crippen LogP contribution in [0.3, 0.4) is 0 Å². The van der Waals surface area contributed by atoms with E-state index in [-0.39, 0.29) is 5.78 Å². The van der Waals surface area contributed by atoms with Gasteiger partial charge in [-0.25, -0.2) is 4.98 Å². The van der Waals surface area contributed by atoms with Crippen molar-refractivity contribution in [3.05, 3.63) is 52.9 Å². The summed E-state index contributed by atoms with van der Waals surface area (Å²) in [5.41, 5.74) is 8.36. The van der Waals surface area contributed by atoms with Gasteiger partial charge in [0.05, 0.1) is 27.0 Å². The van der Waals surface area contributed by atoms with Crippen LogP contribution in [-0.2, 0) is 0 Å². The van der Waals surface area contributed by atoms with Crippen LogP contribution in [0.5, 0.6) is 17.2 Å². The molecule has 0 radical (unpaired) electrons. The van der Waals surface area contributed by atoms with E-state index in [2.05, 4.69) is 4.98 Å². The van der Waals surface area contributed by atoms with Gasteiger partial charge in [0.2, 0.25) is 5.75 Å². The Hall–Kier alpha value is -3.06. The number of anilines is 1. The van der Waals surface area contributed by atoms with E-state index in [1.54, 1.807) is 24.3 Å². The van der Waals surface area contributed by atoms with Gasteiger partial charge in [-0.15, -0.1) is 11.3 Å². The molecule has 7 heteroatoms. The van der Waals surface area contributed by atoms with Gasteiger partial charge in [-0.1, -0.05) is 24.3 Å². The minimum absolute atomic E-state index is 0.145. The largest absolute Gasteiger partial charge is 0.493 e. The van der Waals surface area contributed by atoms with Crippen molar-refractivity contribution >= 4 is 22.3 Å². The molecule has 2 aromatic carbocycles. The van der Waals surface area contributed by atoms with E-state index in [9.17, 15) is 4.79 Å². The summed E-state index contributed by atoms with van der Waals surface area (Å²) < 4.78 is 15.9. The Kier molecular flexibility index (Phi) is 5.09. The number of hydrogen-bond donors (Lipinski definition) is 1. The molecule has 0 saturated heterocycles. The zero-order chi connectivity index (χ0) is 18.7. The monoisotopic (exact) mass is 370 g/mol. The van der Waals surface area contributed by atoms with Gasteiger partial charge in [-0.3, -0.25) is 4.79 Å². The number of carbonyl (C=O) groups is 1. The fourth-order valence-electron chi connectivity index (χ4n) is 2.59. The first-order valence-electron chi connectivity index (χ1n) is 7.73. The molecule has 3 aromatic rings. The van der Waals surface area contributed by atoms with Crippen molar-refractivity contribution in [2.75, 3.05) is 27.1 Å². The van der Waals surface area contributed by atoms with E-state index in [0.29, 0.717) is 33.5 Å². The highest BCUT2D eigenvalue weighted by Crippen LogP contribution is 2.38. The predicted octanol–water partition coefficient (Wildman–Crippen LogP) is 3.65. The first-order valence-corrected chi connectivity index (χ1v) is 8.61. The maximum atomic E-state index is 12.8. The molecule has 1 aromatic heterocycles. The maximum Gasteiger partial charge on any atom is 0.203 e. The van der Waals surface area contributed by atoms with Crippen molar-refractivity contribution in [1.29, 1.82) is 0 Å². The molecule has 0 spiro atoms. The number of nitrogens with zero attached hydrogens (tertiary/aromatic N) is 1. The molecule has 0 aliphatic carbocycles. The predicted molar refractivity (Wildman–Crippen MR) is 101 cm³/mol. The Morgan fingerprint density at radius 3 is 2.04 bits per heavy atom. The number of carbonyl (C=O) groups excluding carboxylic acids is 1. The van der Waals surface area contributed by atoms with Gasteiger partial charge in [-0.05, 0) is 12.1 Å². The number of nitrogens with two attached hydrogens (primary N) is 1. The number of thiazole rings is 1. The van der Waals surface area contributed by atoms with Gasteiger partial charge in [-0.2, -0.15) is 0 Å². The maximum absolute atomic E-state index is 12.8. The van der Waals surface area contributed by atoms with Gasteiger partial charge in [0, 0.05) is 22.1 Å². The topological polar surface area (TPSA) is 83.7 Å². The zero-order valence-corrected chi connectivity index (χ0v) is 15.4. The molecule has 0 saturated carbocycles. The number of ether oxygens (including phenoxy) is 3. The lowest BCUT2D eigenvalue weighted by atomic mass is 10.0. The van der Waals surface area contributed by atoms with Crippen LogP contribution in [-0.4, -0.2) is 32.1 Å². The molecule has 26 heavy (non-hydrogen) atoms. The number of rotatable bonds is 6. The fraction of sp³-hybridized carbons (Fsp3) is 0.158. The van der Waals surface area contributed by atoms with E-state index in [0.717, 1.165) is 11.3 Å². The van der Waals surface area contributed by atoms with Crippen LogP contribution in [0.2, 0.25) is 0 Å². The molecule has 1 heterocycles. The summed E-state index contributed by atoms with van der Waals surface area (Å²) in [4.78, 5) is 17.1. The number of hydrogen-bond acceptors (Lipinski definition) is 7. The smallest absolute Gasteiger partial charge is 0.203 e. The summed E-state index contributed by atoms with van der Waals surface area (Å²) in [6.07, 6.45) is 0. The highest BCUT2D eigenvalue weighted by atomic mass is 32.1. The van der Waals surface area contributed by atoms with Gasteiger partial charge >= 0.3 is 0 Å². The number of ketones is 1. The molecular weight excluding hydrogens is 352 g/mol. The van der Waals surface area contributed by atoms with E-state index < -0.39 is 0 Å². The second kappa shape index (κ2) is 7.45. The fourth-order valence-corrected chi connectivity index (χ4v) is 3.16. The second-order valence-corrected chi connectivity index (χ2v) is 6.28. The van der Waals surface area contributed by atoms with E-state index >= 15 is 0 Å². The van der Waals surface area contributed by atoms with Crippen LogP contribution in [0.25, 0.3) is 11.3 Å². The van der Waals surface area contributed by atoms with Crippen LogP contribution < -0.4 is 19.9 Å². The van der Waals surface area contributed by atoms with Crippen molar-refractivity contribution in [3.63, 3.8) is 0 Å². The van der Waals surface area contributed by atoms with Crippen molar-refractivity contribution < 1.29 is 19.0 Å². The number of methoxy groups -OCH3 is 3. The van der Waals surface area contributed by atoms with E-state index in [4.69, 9.17) is 19.9 Å². The minimum Gasteiger partial charge on any atom is -0.493 e. The average molecular weight is 370 g/mol. The lowest BCUT2D eigenvalue weighted by molar-refractivity contribution is 0.103.